The molecule has 3 aromatic carbocycles. The maximum absolute atomic E-state index is 10.7. The van der Waals surface area contributed by atoms with Gasteiger partial charge in [-0.3, -0.25) is 15.5 Å². The highest BCUT2D eigenvalue weighted by atomic mass is 16.6. The molecule has 4 rings (SSSR count). The van der Waals surface area contributed by atoms with Crippen molar-refractivity contribution in [1.29, 1.82) is 0 Å². The Labute approximate surface area is 172 Å². The Hall–Kier alpha value is -4.33. The summed E-state index contributed by atoms with van der Waals surface area (Å²) in [5, 5.41) is 24.9. The van der Waals surface area contributed by atoms with E-state index in [4.69, 9.17) is 4.74 Å². The topological polar surface area (TPSA) is 103 Å². The third kappa shape index (κ3) is 4.39. The number of hydrazone groups is 1. The summed E-state index contributed by atoms with van der Waals surface area (Å²) < 4.78 is 5.87. The molecular formula is C22H17N5O3. The third-order valence-electron chi connectivity index (χ3n) is 4.36. The van der Waals surface area contributed by atoms with E-state index in [9.17, 15) is 10.1 Å². The number of nitrogens with zero attached hydrogens (tertiary/aromatic N) is 4. The van der Waals surface area contributed by atoms with Gasteiger partial charge in [0, 0.05) is 22.9 Å². The number of nitro benzene ring substituents is 1. The predicted molar refractivity (Wildman–Crippen MR) is 115 cm³/mol. The first kappa shape index (κ1) is 19.0. The van der Waals surface area contributed by atoms with Gasteiger partial charge in [0.25, 0.3) is 5.69 Å². The summed E-state index contributed by atoms with van der Waals surface area (Å²) in [7, 11) is 0. The third-order valence-corrected chi connectivity index (χ3v) is 4.36. The molecule has 1 N–H and O–H groups in total. The number of nitro groups is 1. The van der Waals surface area contributed by atoms with E-state index < -0.39 is 4.92 Å². The molecular weight excluding hydrogens is 382 g/mol. The number of fused-ring (bicyclic) bond motifs is 1. The van der Waals surface area contributed by atoms with Gasteiger partial charge in [0.2, 0.25) is 5.88 Å². The molecule has 0 atom stereocenters. The Kier molecular flexibility index (Phi) is 5.56. The number of non-ortho nitro benzene ring substituents is 1. The molecule has 0 aliphatic rings. The van der Waals surface area contributed by atoms with Crippen LogP contribution in [-0.4, -0.2) is 21.3 Å². The Morgan fingerprint density at radius 1 is 0.933 bits per heavy atom. The molecule has 0 fully saturated rings. The molecule has 0 saturated heterocycles. The molecule has 1 aromatic heterocycles. The maximum Gasteiger partial charge on any atom is 0.269 e. The zero-order valence-electron chi connectivity index (χ0n) is 15.8. The fourth-order valence-corrected chi connectivity index (χ4v) is 2.84. The number of anilines is 1. The summed E-state index contributed by atoms with van der Waals surface area (Å²) in [6.07, 6.45) is 1.56. The summed E-state index contributed by atoms with van der Waals surface area (Å²) >= 11 is 0. The van der Waals surface area contributed by atoms with Crippen LogP contribution in [0.15, 0.2) is 84.0 Å². The van der Waals surface area contributed by atoms with Crippen LogP contribution in [0.4, 0.5) is 11.5 Å². The Balaban J connectivity index is 1.51. The highest BCUT2D eigenvalue weighted by molar-refractivity contribution is 5.95. The lowest BCUT2D eigenvalue weighted by molar-refractivity contribution is -0.384. The zero-order chi connectivity index (χ0) is 20.8. The van der Waals surface area contributed by atoms with Gasteiger partial charge >= 0.3 is 0 Å². The Bertz CT molecular complexity index is 1190. The number of ether oxygens (including phenoxy) is 1. The van der Waals surface area contributed by atoms with Gasteiger partial charge in [-0.15, -0.1) is 10.2 Å². The normalized spacial score (nSPS) is 10.9. The summed E-state index contributed by atoms with van der Waals surface area (Å²) in [6.45, 7) is 0.393. The number of rotatable bonds is 7. The molecule has 0 aliphatic carbocycles. The molecule has 0 unspecified atom stereocenters. The number of aromatic nitrogens is 2. The van der Waals surface area contributed by atoms with Crippen molar-refractivity contribution in [3.8, 4) is 5.88 Å². The Morgan fingerprint density at radius 2 is 1.63 bits per heavy atom. The predicted octanol–water partition coefficient (Wildman–Crippen LogP) is 4.56. The molecule has 0 spiro atoms. The fraction of sp³-hybridized carbons (Fsp3) is 0.0455. The molecule has 148 valence electrons. The minimum atomic E-state index is -0.442. The molecule has 8 heteroatoms. The van der Waals surface area contributed by atoms with Crippen LogP contribution in [0.5, 0.6) is 5.88 Å². The van der Waals surface area contributed by atoms with E-state index in [1.807, 2.05) is 54.6 Å². The van der Waals surface area contributed by atoms with Gasteiger partial charge in [0.1, 0.15) is 6.61 Å². The molecule has 0 radical (unpaired) electrons. The second-order valence-electron chi connectivity index (χ2n) is 6.39. The van der Waals surface area contributed by atoms with Crippen molar-refractivity contribution in [2.75, 3.05) is 5.43 Å². The van der Waals surface area contributed by atoms with Crippen LogP contribution in [0.3, 0.4) is 0 Å². The van der Waals surface area contributed by atoms with E-state index in [1.54, 1.807) is 18.3 Å². The molecule has 0 aliphatic heterocycles. The van der Waals surface area contributed by atoms with Gasteiger partial charge in [0.15, 0.2) is 5.82 Å². The quantitative estimate of drug-likeness (QED) is 0.278. The van der Waals surface area contributed by atoms with E-state index in [2.05, 4.69) is 20.7 Å². The standard InChI is InChI=1S/C22H17N5O3/c28-27(29)18-12-10-16(11-13-18)14-23-24-21-19-8-4-5-9-20(19)22(26-25-21)30-15-17-6-2-1-3-7-17/h1-14H,15H2,(H,24,25)/b23-14+. The summed E-state index contributed by atoms with van der Waals surface area (Å²) in [4.78, 5) is 10.3. The van der Waals surface area contributed by atoms with Crippen LogP contribution in [-0.2, 0) is 6.61 Å². The highest BCUT2D eigenvalue weighted by Crippen LogP contribution is 2.28. The maximum atomic E-state index is 10.7. The van der Waals surface area contributed by atoms with Crippen LogP contribution in [0.1, 0.15) is 11.1 Å². The Morgan fingerprint density at radius 3 is 2.37 bits per heavy atom. The van der Waals surface area contributed by atoms with Gasteiger partial charge in [-0.05, 0) is 29.3 Å². The number of hydrogen-bond acceptors (Lipinski definition) is 7. The molecule has 30 heavy (non-hydrogen) atoms. The molecule has 8 nitrogen and oxygen atoms in total. The number of hydrogen-bond donors (Lipinski definition) is 1. The first-order valence-corrected chi connectivity index (χ1v) is 9.16. The largest absolute Gasteiger partial charge is 0.471 e. The molecule has 0 amide bonds. The van der Waals surface area contributed by atoms with Crippen molar-refractivity contribution in [2.24, 2.45) is 5.10 Å². The SMILES string of the molecule is O=[N+]([O-])c1ccc(/C=N/Nc2nnc(OCc3ccccc3)c3ccccc23)cc1. The van der Waals surface area contributed by atoms with E-state index in [0.717, 1.165) is 16.3 Å². The lowest BCUT2D eigenvalue weighted by Crippen LogP contribution is -2.02. The second kappa shape index (κ2) is 8.78. The van der Waals surface area contributed by atoms with Crippen molar-refractivity contribution in [3.63, 3.8) is 0 Å². The van der Waals surface area contributed by atoms with Gasteiger partial charge in [-0.2, -0.15) is 5.10 Å². The average Bonchev–Trinajstić information content (AvgIpc) is 2.79. The van der Waals surface area contributed by atoms with Crippen molar-refractivity contribution >= 4 is 28.5 Å². The van der Waals surface area contributed by atoms with Gasteiger partial charge in [-0.25, -0.2) is 0 Å². The van der Waals surface area contributed by atoms with Crippen molar-refractivity contribution < 1.29 is 9.66 Å². The number of benzene rings is 3. The highest BCUT2D eigenvalue weighted by Gasteiger charge is 2.10. The fourth-order valence-electron chi connectivity index (χ4n) is 2.84. The number of nitrogens with one attached hydrogen (secondary N) is 1. The smallest absolute Gasteiger partial charge is 0.269 e. The van der Waals surface area contributed by atoms with Crippen molar-refractivity contribution in [3.05, 3.63) is 100 Å². The zero-order valence-corrected chi connectivity index (χ0v) is 15.8. The van der Waals surface area contributed by atoms with Crippen LogP contribution in [0.25, 0.3) is 10.8 Å². The van der Waals surface area contributed by atoms with Crippen LogP contribution in [0.2, 0.25) is 0 Å². The lowest BCUT2D eigenvalue weighted by atomic mass is 10.2. The molecule has 0 bridgehead atoms. The van der Waals surface area contributed by atoms with E-state index in [1.165, 1.54) is 12.1 Å². The average molecular weight is 399 g/mol. The van der Waals surface area contributed by atoms with Gasteiger partial charge in [-0.1, -0.05) is 48.5 Å². The van der Waals surface area contributed by atoms with E-state index in [0.29, 0.717) is 23.9 Å². The minimum absolute atomic E-state index is 0.0306. The van der Waals surface area contributed by atoms with Crippen LogP contribution < -0.4 is 10.2 Å². The van der Waals surface area contributed by atoms with E-state index >= 15 is 0 Å². The van der Waals surface area contributed by atoms with Crippen LogP contribution in [0, 0.1) is 10.1 Å². The van der Waals surface area contributed by atoms with Crippen molar-refractivity contribution in [1.82, 2.24) is 10.2 Å². The molecule has 0 saturated carbocycles. The summed E-state index contributed by atoms with van der Waals surface area (Å²) in [6, 6.07) is 23.6. The summed E-state index contributed by atoms with van der Waals surface area (Å²) in [5.41, 5.74) is 4.67. The van der Waals surface area contributed by atoms with Gasteiger partial charge in [0.05, 0.1) is 11.1 Å². The minimum Gasteiger partial charge on any atom is -0.471 e. The summed E-state index contributed by atoms with van der Waals surface area (Å²) in [5.74, 6) is 0.926. The second-order valence-corrected chi connectivity index (χ2v) is 6.39. The van der Waals surface area contributed by atoms with Crippen molar-refractivity contribution in [2.45, 2.75) is 6.61 Å². The van der Waals surface area contributed by atoms with Gasteiger partial charge < -0.3 is 4.74 Å². The first-order chi connectivity index (χ1) is 14.7. The van der Waals surface area contributed by atoms with E-state index in [-0.39, 0.29) is 5.69 Å². The monoisotopic (exact) mass is 399 g/mol. The molecule has 4 aromatic rings. The first-order valence-electron chi connectivity index (χ1n) is 9.16. The van der Waals surface area contributed by atoms with Crippen LogP contribution >= 0.6 is 0 Å². The lowest BCUT2D eigenvalue weighted by Gasteiger charge is -2.10. The molecule has 1 heterocycles.